The highest BCUT2D eigenvalue weighted by Gasteiger charge is 2.42. The Hall–Kier alpha value is -1.12. The lowest BCUT2D eigenvalue weighted by atomic mass is 9.64. The molecule has 0 radical (unpaired) electrons. The highest BCUT2D eigenvalue weighted by atomic mass is 16.3. The average Bonchev–Trinajstić information content (AvgIpc) is 2.54. The molecular formula is C18H25NO. The van der Waals surface area contributed by atoms with E-state index in [2.05, 4.69) is 36.4 Å². The second kappa shape index (κ2) is 5.71. The zero-order valence-corrected chi connectivity index (χ0v) is 12.1. The van der Waals surface area contributed by atoms with Crippen molar-refractivity contribution in [1.29, 1.82) is 0 Å². The van der Waals surface area contributed by atoms with Crippen LogP contribution in [0, 0.1) is 11.3 Å². The highest BCUT2D eigenvalue weighted by molar-refractivity contribution is 5.31. The second-order valence-corrected chi connectivity index (χ2v) is 6.50. The molecule has 3 unspecified atom stereocenters. The van der Waals surface area contributed by atoms with Crippen LogP contribution in [0.15, 0.2) is 36.4 Å². The molecule has 3 rings (SSSR count). The maximum atomic E-state index is 11.0. The van der Waals surface area contributed by atoms with E-state index in [-0.39, 0.29) is 11.5 Å². The molecule has 0 saturated carbocycles. The summed E-state index contributed by atoms with van der Waals surface area (Å²) in [6.45, 7) is 0.586. The number of aryl methyl sites for hydroxylation is 1. The molecule has 20 heavy (non-hydrogen) atoms. The first-order valence-corrected chi connectivity index (χ1v) is 7.85. The molecule has 0 aromatic heterocycles. The van der Waals surface area contributed by atoms with E-state index in [0.717, 1.165) is 38.5 Å². The van der Waals surface area contributed by atoms with Crippen LogP contribution in [0.4, 0.5) is 0 Å². The van der Waals surface area contributed by atoms with Crippen LogP contribution in [0.25, 0.3) is 0 Å². The molecule has 0 amide bonds. The van der Waals surface area contributed by atoms with E-state index in [1.807, 2.05) is 0 Å². The molecule has 108 valence electrons. The van der Waals surface area contributed by atoms with Crippen LogP contribution >= 0.6 is 0 Å². The van der Waals surface area contributed by atoms with Crippen LogP contribution in [0.5, 0.6) is 0 Å². The summed E-state index contributed by atoms with van der Waals surface area (Å²) in [6, 6.07) is 8.62. The van der Waals surface area contributed by atoms with Crippen molar-refractivity contribution in [3.8, 4) is 0 Å². The third-order valence-electron chi connectivity index (χ3n) is 5.34. The SMILES string of the molecule is NCC1(C(O)C2CC=CCC2)CCc2ccccc2C1. The fourth-order valence-corrected chi connectivity index (χ4v) is 3.98. The van der Waals surface area contributed by atoms with E-state index in [4.69, 9.17) is 5.73 Å². The average molecular weight is 271 g/mol. The van der Waals surface area contributed by atoms with Crippen LogP contribution in [0.3, 0.4) is 0 Å². The molecule has 2 nitrogen and oxygen atoms in total. The minimum Gasteiger partial charge on any atom is -0.392 e. The Kier molecular flexibility index (Phi) is 3.95. The maximum Gasteiger partial charge on any atom is 0.0643 e. The summed E-state index contributed by atoms with van der Waals surface area (Å²) >= 11 is 0. The van der Waals surface area contributed by atoms with Crippen molar-refractivity contribution >= 4 is 0 Å². The lowest BCUT2D eigenvalue weighted by Crippen LogP contribution is -2.49. The number of allylic oxidation sites excluding steroid dienone is 2. The summed E-state index contributed by atoms with van der Waals surface area (Å²) in [7, 11) is 0. The van der Waals surface area contributed by atoms with Gasteiger partial charge in [-0.3, -0.25) is 0 Å². The van der Waals surface area contributed by atoms with Crippen LogP contribution < -0.4 is 5.73 Å². The minimum atomic E-state index is -0.272. The van der Waals surface area contributed by atoms with Crippen molar-refractivity contribution < 1.29 is 5.11 Å². The normalized spacial score (nSPS) is 30.8. The van der Waals surface area contributed by atoms with E-state index in [1.165, 1.54) is 11.1 Å². The van der Waals surface area contributed by atoms with Gasteiger partial charge in [-0.25, -0.2) is 0 Å². The Balaban J connectivity index is 1.83. The molecule has 3 atom stereocenters. The lowest BCUT2D eigenvalue weighted by Gasteiger charge is -2.44. The Labute approximate surface area is 121 Å². The minimum absolute atomic E-state index is 0.121. The van der Waals surface area contributed by atoms with Crippen LogP contribution in [-0.4, -0.2) is 17.8 Å². The van der Waals surface area contributed by atoms with Gasteiger partial charge in [0.2, 0.25) is 0 Å². The van der Waals surface area contributed by atoms with E-state index in [1.54, 1.807) is 0 Å². The van der Waals surface area contributed by atoms with Crippen molar-refractivity contribution in [3.63, 3.8) is 0 Å². The monoisotopic (exact) mass is 271 g/mol. The highest BCUT2D eigenvalue weighted by Crippen LogP contribution is 2.42. The second-order valence-electron chi connectivity index (χ2n) is 6.50. The zero-order valence-electron chi connectivity index (χ0n) is 12.1. The maximum absolute atomic E-state index is 11.0. The van der Waals surface area contributed by atoms with Crippen molar-refractivity contribution in [2.75, 3.05) is 6.54 Å². The summed E-state index contributed by atoms with van der Waals surface area (Å²) in [4.78, 5) is 0. The van der Waals surface area contributed by atoms with Gasteiger partial charge in [0.25, 0.3) is 0 Å². The first kappa shape index (κ1) is 13.8. The van der Waals surface area contributed by atoms with Crippen molar-refractivity contribution in [1.82, 2.24) is 0 Å². The number of rotatable bonds is 3. The predicted molar refractivity (Wildman–Crippen MR) is 82.4 cm³/mol. The number of aliphatic hydroxyl groups excluding tert-OH is 1. The fourth-order valence-electron chi connectivity index (χ4n) is 3.98. The number of nitrogens with two attached hydrogens (primary N) is 1. The van der Waals surface area contributed by atoms with Gasteiger partial charge in [-0.15, -0.1) is 0 Å². The van der Waals surface area contributed by atoms with E-state index >= 15 is 0 Å². The Morgan fingerprint density at radius 2 is 2.05 bits per heavy atom. The summed E-state index contributed by atoms with van der Waals surface area (Å²) < 4.78 is 0. The smallest absolute Gasteiger partial charge is 0.0643 e. The van der Waals surface area contributed by atoms with Gasteiger partial charge in [-0.2, -0.15) is 0 Å². The van der Waals surface area contributed by atoms with Gasteiger partial charge in [0.1, 0.15) is 0 Å². The number of benzene rings is 1. The Morgan fingerprint density at radius 1 is 1.25 bits per heavy atom. The number of hydrogen-bond acceptors (Lipinski definition) is 2. The molecule has 1 aromatic carbocycles. The Morgan fingerprint density at radius 3 is 2.75 bits per heavy atom. The molecule has 0 fully saturated rings. The largest absolute Gasteiger partial charge is 0.392 e. The standard InChI is InChI=1S/C18H25NO/c19-13-18(17(20)15-7-2-1-3-8-15)11-10-14-6-4-5-9-16(14)12-18/h1-2,4-6,9,15,17,20H,3,7-8,10-13,19H2. The lowest BCUT2D eigenvalue weighted by molar-refractivity contribution is -0.0263. The van der Waals surface area contributed by atoms with E-state index in [9.17, 15) is 5.11 Å². The zero-order chi connectivity index (χ0) is 14.0. The molecule has 0 spiro atoms. The van der Waals surface area contributed by atoms with E-state index in [0.29, 0.717) is 12.5 Å². The molecule has 3 N–H and O–H groups in total. The van der Waals surface area contributed by atoms with Crippen LogP contribution in [0.1, 0.15) is 36.8 Å². The van der Waals surface area contributed by atoms with Crippen molar-refractivity contribution in [2.24, 2.45) is 17.1 Å². The molecule has 0 heterocycles. The predicted octanol–water partition coefficient (Wildman–Crippen LogP) is 2.84. The molecule has 0 aliphatic heterocycles. The quantitative estimate of drug-likeness (QED) is 0.830. The molecule has 2 aliphatic rings. The summed E-state index contributed by atoms with van der Waals surface area (Å²) in [5, 5.41) is 11.0. The number of fused-ring (bicyclic) bond motifs is 1. The first-order chi connectivity index (χ1) is 9.75. The summed E-state index contributed by atoms with van der Waals surface area (Å²) in [5.74, 6) is 0.383. The molecule has 2 aliphatic carbocycles. The molecule has 0 saturated heterocycles. The van der Waals surface area contributed by atoms with Gasteiger partial charge in [-0.1, -0.05) is 36.4 Å². The fraction of sp³-hybridized carbons (Fsp3) is 0.556. The van der Waals surface area contributed by atoms with Gasteiger partial charge < -0.3 is 10.8 Å². The van der Waals surface area contributed by atoms with Gasteiger partial charge in [-0.05, 0) is 55.6 Å². The number of hydrogen-bond donors (Lipinski definition) is 2. The van der Waals surface area contributed by atoms with Gasteiger partial charge in [0, 0.05) is 12.0 Å². The van der Waals surface area contributed by atoms with Gasteiger partial charge in [0.15, 0.2) is 0 Å². The summed E-state index contributed by atoms with van der Waals surface area (Å²) in [5.41, 5.74) is 8.83. The molecule has 1 aromatic rings. The third kappa shape index (κ3) is 2.43. The van der Waals surface area contributed by atoms with Crippen molar-refractivity contribution in [2.45, 2.75) is 44.6 Å². The molecule has 0 bridgehead atoms. The van der Waals surface area contributed by atoms with Crippen LogP contribution in [0.2, 0.25) is 0 Å². The first-order valence-electron chi connectivity index (χ1n) is 7.85. The van der Waals surface area contributed by atoms with Crippen molar-refractivity contribution in [3.05, 3.63) is 47.5 Å². The van der Waals surface area contributed by atoms with E-state index < -0.39 is 0 Å². The van der Waals surface area contributed by atoms with Gasteiger partial charge >= 0.3 is 0 Å². The topological polar surface area (TPSA) is 46.2 Å². The molecular weight excluding hydrogens is 246 g/mol. The number of aliphatic hydroxyl groups is 1. The van der Waals surface area contributed by atoms with Gasteiger partial charge in [0.05, 0.1) is 6.10 Å². The Bertz CT molecular complexity index is 496. The summed E-state index contributed by atoms with van der Waals surface area (Å²) in [6.07, 6.45) is 10.4. The third-order valence-corrected chi connectivity index (χ3v) is 5.34. The molecule has 2 heteroatoms. The van der Waals surface area contributed by atoms with Crippen LogP contribution in [-0.2, 0) is 12.8 Å².